The van der Waals surface area contributed by atoms with Gasteiger partial charge in [-0.05, 0) is 12.1 Å². The van der Waals surface area contributed by atoms with E-state index < -0.39 is 0 Å². The van der Waals surface area contributed by atoms with E-state index in [1.807, 2.05) is 29.2 Å². The summed E-state index contributed by atoms with van der Waals surface area (Å²) in [7, 11) is 0. The number of halogens is 1. The standard InChI is InChI=1S/C13H16BrN3O3/c14-11-3-1-2-10(8-11)13-15-12(20-16-13)9-17(4-6-18)5-7-19/h1-3,8,18-19H,4-7,9H2. The molecule has 2 rings (SSSR count). The number of rotatable bonds is 7. The molecule has 0 atom stereocenters. The van der Waals surface area contributed by atoms with Crippen molar-refractivity contribution in [3.8, 4) is 11.4 Å². The van der Waals surface area contributed by atoms with Crippen LogP contribution in [-0.2, 0) is 6.54 Å². The fourth-order valence-corrected chi connectivity index (χ4v) is 2.21. The highest BCUT2D eigenvalue weighted by atomic mass is 79.9. The number of benzene rings is 1. The van der Waals surface area contributed by atoms with Gasteiger partial charge in [0.1, 0.15) is 0 Å². The summed E-state index contributed by atoms with van der Waals surface area (Å²) in [5.74, 6) is 0.983. The molecule has 0 fully saturated rings. The fourth-order valence-electron chi connectivity index (χ4n) is 1.81. The molecule has 7 heteroatoms. The second-order valence-corrected chi connectivity index (χ2v) is 5.16. The van der Waals surface area contributed by atoms with Crippen LogP contribution in [0.2, 0.25) is 0 Å². The van der Waals surface area contributed by atoms with Gasteiger partial charge in [-0.3, -0.25) is 4.90 Å². The molecule has 108 valence electrons. The van der Waals surface area contributed by atoms with Crippen LogP contribution in [0.5, 0.6) is 0 Å². The predicted molar refractivity (Wildman–Crippen MR) is 76.9 cm³/mol. The van der Waals surface area contributed by atoms with Crippen LogP contribution in [-0.4, -0.2) is 51.6 Å². The van der Waals surface area contributed by atoms with E-state index in [0.29, 0.717) is 31.3 Å². The summed E-state index contributed by atoms with van der Waals surface area (Å²) < 4.78 is 6.15. The van der Waals surface area contributed by atoms with Crippen LogP contribution < -0.4 is 0 Å². The SMILES string of the molecule is OCCN(CCO)Cc1nc(-c2cccc(Br)c2)no1. The van der Waals surface area contributed by atoms with Crippen LogP contribution in [0, 0.1) is 0 Å². The van der Waals surface area contributed by atoms with E-state index in [1.165, 1.54) is 0 Å². The lowest BCUT2D eigenvalue weighted by atomic mass is 10.2. The minimum Gasteiger partial charge on any atom is -0.395 e. The van der Waals surface area contributed by atoms with Crippen molar-refractivity contribution in [2.45, 2.75) is 6.54 Å². The van der Waals surface area contributed by atoms with Crippen molar-refractivity contribution in [3.05, 3.63) is 34.6 Å². The molecule has 6 nitrogen and oxygen atoms in total. The van der Waals surface area contributed by atoms with Crippen LogP contribution in [0.15, 0.2) is 33.3 Å². The molecule has 0 aliphatic rings. The molecule has 0 radical (unpaired) electrons. The molecule has 2 N–H and O–H groups in total. The summed E-state index contributed by atoms with van der Waals surface area (Å²) in [4.78, 5) is 6.17. The molecule has 0 unspecified atom stereocenters. The molecule has 0 saturated heterocycles. The molecule has 1 aromatic carbocycles. The first-order chi connectivity index (χ1) is 9.72. The molecule has 0 bridgehead atoms. The molecule has 20 heavy (non-hydrogen) atoms. The Hall–Kier alpha value is -1.28. The van der Waals surface area contributed by atoms with Gasteiger partial charge in [0.2, 0.25) is 11.7 Å². The highest BCUT2D eigenvalue weighted by Gasteiger charge is 2.12. The first-order valence-corrected chi connectivity index (χ1v) is 7.05. The van der Waals surface area contributed by atoms with E-state index in [9.17, 15) is 0 Å². The smallest absolute Gasteiger partial charge is 0.241 e. The van der Waals surface area contributed by atoms with Gasteiger partial charge in [-0.25, -0.2) is 0 Å². The number of aromatic nitrogens is 2. The average Bonchev–Trinajstić information content (AvgIpc) is 2.88. The molecule has 1 heterocycles. The lowest BCUT2D eigenvalue weighted by molar-refractivity contribution is 0.143. The van der Waals surface area contributed by atoms with Crippen molar-refractivity contribution in [1.29, 1.82) is 0 Å². The number of aliphatic hydroxyl groups excluding tert-OH is 2. The third-order valence-electron chi connectivity index (χ3n) is 2.74. The van der Waals surface area contributed by atoms with Crippen molar-refractivity contribution in [3.63, 3.8) is 0 Å². The second kappa shape index (κ2) is 7.49. The first-order valence-electron chi connectivity index (χ1n) is 6.25. The molecular weight excluding hydrogens is 326 g/mol. The predicted octanol–water partition coefficient (Wildman–Crippen LogP) is 1.29. The Labute approximate surface area is 125 Å². The zero-order valence-electron chi connectivity index (χ0n) is 10.9. The third kappa shape index (κ3) is 4.11. The molecule has 0 aliphatic carbocycles. The van der Waals surface area contributed by atoms with Gasteiger partial charge < -0.3 is 14.7 Å². The zero-order chi connectivity index (χ0) is 14.4. The Balaban J connectivity index is 2.08. The van der Waals surface area contributed by atoms with Gasteiger partial charge in [0, 0.05) is 23.1 Å². The van der Waals surface area contributed by atoms with Crippen molar-refractivity contribution >= 4 is 15.9 Å². The second-order valence-electron chi connectivity index (χ2n) is 4.25. The van der Waals surface area contributed by atoms with E-state index in [0.717, 1.165) is 10.0 Å². The molecule has 2 aromatic rings. The maximum Gasteiger partial charge on any atom is 0.241 e. The van der Waals surface area contributed by atoms with E-state index >= 15 is 0 Å². The van der Waals surface area contributed by atoms with Crippen molar-refractivity contribution < 1.29 is 14.7 Å². The van der Waals surface area contributed by atoms with Crippen LogP contribution in [0.3, 0.4) is 0 Å². The fraction of sp³-hybridized carbons (Fsp3) is 0.385. The minimum atomic E-state index is 0.0205. The summed E-state index contributed by atoms with van der Waals surface area (Å²) in [6.07, 6.45) is 0. The van der Waals surface area contributed by atoms with Crippen LogP contribution >= 0.6 is 15.9 Å². The molecule has 1 aromatic heterocycles. The highest BCUT2D eigenvalue weighted by Crippen LogP contribution is 2.20. The number of hydrogen-bond donors (Lipinski definition) is 2. The third-order valence-corrected chi connectivity index (χ3v) is 3.24. The molecule has 0 amide bonds. The summed E-state index contributed by atoms with van der Waals surface area (Å²) in [5.41, 5.74) is 0.866. The van der Waals surface area contributed by atoms with Crippen molar-refractivity contribution in [2.24, 2.45) is 0 Å². The summed E-state index contributed by atoms with van der Waals surface area (Å²) >= 11 is 3.40. The molecular formula is C13H16BrN3O3. The van der Waals surface area contributed by atoms with E-state index in [4.69, 9.17) is 14.7 Å². The number of nitrogens with zero attached hydrogens (tertiary/aromatic N) is 3. The summed E-state index contributed by atoms with van der Waals surface area (Å²) in [6, 6.07) is 7.64. The zero-order valence-corrected chi connectivity index (χ0v) is 12.5. The number of aliphatic hydroxyl groups is 2. The summed E-state index contributed by atoms with van der Waals surface area (Å²) in [6.45, 7) is 1.35. The lowest BCUT2D eigenvalue weighted by Crippen LogP contribution is -2.29. The van der Waals surface area contributed by atoms with Crippen LogP contribution in [0.1, 0.15) is 5.89 Å². The quantitative estimate of drug-likeness (QED) is 0.789. The Morgan fingerprint density at radius 2 is 1.95 bits per heavy atom. The van der Waals surface area contributed by atoms with Gasteiger partial charge in [-0.2, -0.15) is 4.98 Å². The maximum atomic E-state index is 8.96. The van der Waals surface area contributed by atoms with Gasteiger partial charge >= 0.3 is 0 Å². The monoisotopic (exact) mass is 341 g/mol. The van der Waals surface area contributed by atoms with Crippen LogP contribution in [0.4, 0.5) is 0 Å². The van der Waals surface area contributed by atoms with Crippen molar-refractivity contribution in [1.82, 2.24) is 15.0 Å². The Bertz CT molecular complexity index is 541. The number of hydrogen-bond acceptors (Lipinski definition) is 6. The lowest BCUT2D eigenvalue weighted by Gasteiger charge is -2.17. The summed E-state index contributed by atoms with van der Waals surface area (Å²) in [5, 5.41) is 21.9. The Morgan fingerprint density at radius 3 is 2.60 bits per heavy atom. The van der Waals surface area contributed by atoms with Gasteiger partial charge in [-0.1, -0.05) is 33.2 Å². The maximum absolute atomic E-state index is 8.96. The van der Waals surface area contributed by atoms with Crippen LogP contribution in [0.25, 0.3) is 11.4 Å². The Morgan fingerprint density at radius 1 is 1.20 bits per heavy atom. The van der Waals surface area contributed by atoms with Gasteiger partial charge in [0.05, 0.1) is 19.8 Å². The Kier molecular flexibility index (Phi) is 5.66. The van der Waals surface area contributed by atoms with Gasteiger partial charge in [0.25, 0.3) is 0 Å². The van der Waals surface area contributed by atoms with Gasteiger partial charge in [-0.15, -0.1) is 0 Å². The first kappa shape index (κ1) is 15.1. The van der Waals surface area contributed by atoms with E-state index in [2.05, 4.69) is 26.1 Å². The van der Waals surface area contributed by atoms with Gasteiger partial charge in [0.15, 0.2) is 0 Å². The van der Waals surface area contributed by atoms with E-state index in [-0.39, 0.29) is 13.2 Å². The normalized spacial score (nSPS) is 11.2. The largest absolute Gasteiger partial charge is 0.395 e. The minimum absolute atomic E-state index is 0.0205. The molecule has 0 saturated carbocycles. The topological polar surface area (TPSA) is 82.6 Å². The van der Waals surface area contributed by atoms with Crippen molar-refractivity contribution in [2.75, 3.05) is 26.3 Å². The average molecular weight is 342 g/mol. The molecule has 0 aliphatic heterocycles. The highest BCUT2D eigenvalue weighted by molar-refractivity contribution is 9.10. The van der Waals surface area contributed by atoms with E-state index in [1.54, 1.807) is 0 Å². The molecule has 0 spiro atoms.